The third kappa shape index (κ3) is 5.32. The van der Waals surface area contributed by atoms with E-state index >= 15 is 0 Å². The molecule has 0 radical (unpaired) electrons. The maximum absolute atomic E-state index is 12.1. The van der Waals surface area contributed by atoms with Crippen LogP contribution >= 0.6 is 0 Å². The van der Waals surface area contributed by atoms with Crippen LogP contribution in [0.5, 0.6) is 0 Å². The average Bonchev–Trinajstić information content (AvgIpc) is 2.06. The van der Waals surface area contributed by atoms with Gasteiger partial charge >= 0.3 is 10.2 Å². The van der Waals surface area contributed by atoms with E-state index in [1.165, 1.54) is 24.3 Å². The van der Waals surface area contributed by atoms with Crippen LogP contribution in [0.3, 0.4) is 0 Å². The van der Waals surface area contributed by atoms with Crippen molar-refractivity contribution in [1.82, 2.24) is 0 Å². The molecule has 1 aromatic rings. The number of nitrogens with two attached hydrogens (primary N) is 1. The standard InChI is InChI=1S/C6H5FO2S.C2H7N/c7-10(8,9)6-4-2-1-3-5-6;1-2-3/h1-5H;2-3H2,1H3. The van der Waals surface area contributed by atoms with Crippen LogP contribution < -0.4 is 5.73 Å². The van der Waals surface area contributed by atoms with Crippen LogP contribution in [0.2, 0.25) is 0 Å². The summed E-state index contributed by atoms with van der Waals surface area (Å²) >= 11 is 0. The van der Waals surface area contributed by atoms with Gasteiger partial charge in [0.05, 0.1) is 4.90 Å². The number of halogens is 1. The van der Waals surface area contributed by atoms with Gasteiger partial charge in [-0.2, -0.15) is 8.42 Å². The van der Waals surface area contributed by atoms with Crippen molar-refractivity contribution in [1.29, 1.82) is 0 Å². The van der Waals surface area contributed by atoms with Crippen molar-refractivity contribution in [2.45, 2.75) is 11.8 Å². The summed E-state index contributed by atoms with van der Waals surface area (Å²) in [6.45, 7) is 2.65. The first-order chi connectivity index (χ1) is 6.02. The van der Waals surface area contributed by atoms with E-state index in [1.807, 2.05) is 6.92 Å². The maximum atomic E-state index is 12.1. The molecule has 0 unspecified atom stereocenters. The number of hydrogen-bond donors (Lipinski definition) is 1. The van der Waals surface area contributed by atoms with Gasteiger partial charge in [0.1, 0.15) is 0 Å². The summed E-state index contributed by atoms with van der Waals surface area (Å²) in [5.41, 5.74) is 4.85. The molecular weight excluding hydrogens is 193 g/mol. The Hall–Kier alpha value is -0.940. The van der Waals surface area contributed by atoms with Crippen LogP contribution in [-0.2, 0) is 10.2 Å². The smallest absolute Gasteiger partial charge is 0.331 e. The molecule has 13 heavy (non-hydrogen) atoms. The van der Waals surface area contributed by atoms with Gasteiger partial charge in [0, 0.05) is 0 Å². The molecule has 0 saturated heterocycles. The van der Waals surface area contributed by atoms with E-state index in [0.29, 0.717) is 0 Å². The van der Waals surface area contributed by atoms with Crippen LogP contribution in [0.15, 0.2) is 35.2 Å². The number of benzene rings is 1. The van der Waals surface area contributed by atoms with Crippen molar-refractivity contribution in [2.75, 3.05) is 6.54 Å². The predicted octanol–water partition coefficient (Wildman–Crippen LogP) is 1.31. The summed E-state index contributed by atoms with van der Waals surface area (Å²) in [5, 5.41) is 0. The zero-order valence-electron chi connectivity index (χ0n) is 7.27. The topological polar surface area (TPSA) is 60.2 Å². The zero-order valence-corrected chi connectivity index (χ0v) is 8.09. The van der Waals surface area contributed by atoms with Crippen molar-refractivity contribution in [3.63, 3.8) is 0 Å². The molecule has 0 amide bonds. The highest BCUT2D eigenvalue weighted by Crippen LogP contribution is 2.09. The first-order valence-corrected chi connectivity index (χ1v) is 5.10. The molecule has 0 heterocycles. The van der Waals surface area contributed by atoms with Crippen molar-refractivity contribution < 1.29 is 12.3 Å². The largest absolute Gasteiger partial charge is 0.332 e. The van der Waals surface area contributed by atoms with Gasteiger partial charge in [-0.3, -0.25) is 0 Å². The summed E-state index contributed by atoms with van der Waals surface area (Å²) in [6.07, 6.45) is 0. The van der Waals surface area contributed by atoms with Crippen molar-refractivity contribution in [2.24, 2.45) is 5.73 Å². The molecule has 5 heteroatoms. The number of rotatable bonds is 1. The van der Waals surface area contributed by atoms with E-state index in [1.54, 1.807) is 6.07 Å². The first-order valence-electron chi connectivity index (χ1n) is 3.72. The molecule has 74 valence electrons. The Morgan fingerprint density at radius 3 is 1.92 bits per heavy atom. The Morgan fingerprint density at radius 1 is 1.31 bits per heavy atom. The molecule has 0 bridgehead atoms. The van der Waals surface area contributed by atoms with Gasteiger partial charge in [-0.15, -0.1) is 3.89 Å². The Bertz CT molecular complexity index is 323. The van der Waals surface area contributed by atoms with E-state index in [9.17, 15) is 12.3 Å². The Kier molecular flexibility index (Phi) is 5.25. The Balaban J connectivity index is 0.000000424. The van der Waals surface area contributed by atoms with Crippen LogP contribution in [0, 0.1) is 0 Å². The molecule has 0 atom stereocenters. The van der Waals surface area contributed by atoms with E-state index < -0.39 is 10.2 Å². The zero-order chi connectivity index (χ0) is 10.3. The first kappa shape index (κ1) is 12.1. The highest BCUT2D eigenvalue weighted by Gasteiger charge is 2.08. The minimum atomic E-state index is -4.50. The van der Waals surface area contributed by atoms with E-state index in [4.69, 9.17) is 5.73 Å². The average molecular weight is 205 g/mol. The summed E-state index contributed by atoms with van der Waals surface area (Å²) in [6, 6.07) is 6.96. The summed E-state index contributed by atoms with van der Waals surface area (Å²) in [5.74, 6) is 0. The molecule has 0 spiro atoms. The summed E-state index contributed by atoms with van der Waals surface area (Å²) < 4.78 is 32.4. The van der Waals surface area contributed by atoms with E-state index in [-0.39, 0.29) is 4.90 Å². The minimum absolute atomic E-state index is 0.296. The Morgan fingerprint density at radius 2 is 1.69 bits per heavy atom. The fourth-order valence-electron chi connectivity index (χ4n) is 0.583. The molecule has 1 rings (SSSR count). The second kappa shape index (κ2) is 5.66. The van der Waals surface area contributed by atoms with Gasteiger partial charge < -0.3 is 5.73 Å². The fraction of sp³-hybridized carbons (Fsp3) is 0.250. The summed E-state index contributed by atoms with van der Waals surface area (Å²) in [4.78, 5) is -0.296. The molecular formula is C8H12FNO2S. The van der Waals surface area contributed by atoms with Crippen molar-refractivity contribution in [3.05, 3.63) is 30.3 Å². The number of hydrogen-bond acceptors (Lipinski definition) is 3. The molecule has 3 nitrogen and oxygen atoms in total. The van der Waals surface area contributed by atoms with Crippen LogP contribution in [-0.4, -0.2) is 15.0 Å². The lowest BCUT2D eigenvalue weighted by atomic mass is 10.4. The van der Waals surface area contributed by atoms with E-state index in [2.05, 4.69) is 0 Å². The highest BCUT2D eigenvalue weighted by atomic mass is 32.3. The highest BCUT2D eigenvalue weighted by molar-refractivity contribution is 7.86. The molecule has 0 aliphatic carbocycles. The van der Waals surface area contributed by atoms with Crippen LogP contribution in [0.25, 0.3) is 0 Å². The third-order valence-corrected chi connectivity index (χ3v) is 1.86. The SMILES string of the molecule is CCN.O=S(=O)(F)c1ccccc1. The van der Waals surface area contributed by atoms with Crippen LogP contribution in [0.1, 0.15) is 6.92 Å². The maximum Gasteiger partial charge on any atom is 0.332 e. The third-order valence-electron chi connectivity index (χ3n) is 1.02. The molecule has 0 aliphatic rings. The molecule has 0 fully saturated rings. The lowest BCUT2D eigenvalue weighted by molar-refractivity contribution is 0.552. The minimum Gasteiger partial charge on any atom is -0.331 e. The van der Waals surface area contributed by atoms with Crippen molar-refractivity contribution >= 4 is 10.2 Å². The molecule has 0 saturated carbocycles. The van der Waals surface area contributed by atoms with Gasteiger partial charge in [-0.1, -0.05) is 25.1 Å². The Labute approximate surface area is 77.6 Å². The van der Waals surface area contributed by atoms with Gasteiger partial charge in [-0.05, 0) is 18.7 Å². The molecule has 0 aliphatic heterocycles. The normalized spacial score (nSPS) is 10.1. The second-order valence-corrected chi connectivity index (χ2v) is 3.51. The summed E-state index contributed by atoms with van der Waals surface area (Å²) in [7, 11) is -4.50. The van der Waals surface area contributed by atoms with Crippen LogP contribution in [0.4, 0.5) is 3.89 Å². The molecule has 0 aromatic heterocycles. The lowest BCUT2D eigenvalue weighted by Crippen LogP contribution is -1.89. The van der Waals surface area contributed by atoms with Gasteiger partial charge in [0.25, 0.3) is 0 Å². The fourth-order valence-corrected chi connectivity index (χ4v) is 1.07. The predicted molar refractivity (Wildman–Crippen MR) is 49.5 cm³/mol. The molecule has 1 aromatic carbocycles. The lowest BCUT2D eigenvalue weighted by Gasteiger charge is -1.89. The van der Waals surface area contributed by atoms with E-state index in [0.717, 1.165) is 6.54 Å². The molecule has 2 N–H and O–H groups in total. The second-order valence-electron chi connectivity index (χ2n) is 2.16. The van der Waals surface area contributed by atoms with Crippen molar-refractivity contribution in [3.8, 4) is 0 Å². The van der Waals surface area contributed by atoms with Gasteiger partial charge in [0.15, 0.2) is 0 Å². The van der Waals surface area contributed by atoms with Gasteiger partial charge in [0.2, 0.25) is 0 Å². The quantitative estimate of drug-likeness (QED) is 0.703. The van der Waals surface area contributed by atoms with Gasteiger partial charge in [-0.25, -0.2) is 0 Å². The monoisotopic (exact) mass is 205 g/mol.